The lowest BCUT2D eigenvalue weighted by Crippen LogP contribution is -2.48. The van der Waals surface area contributed by atoms with Gasteiger partial charge in [-0.25, -0.2) is 14.4 Å². The molecule has 1 heterocycles. The molecule has 1 aliphatic heterocycles. The fourth-order valence-corrected chi connectivity index (χ4v) is 14.0. The zero-order chi connectivity index (χ0) is 61.2. The first-order chi connectivity index (χ1) is 40.1. The zero-order valence-corrected chi connectivity index (χ0v) is 52.1. The first kappa shape index (κ1) is 68.1. The minimum atomic E-state index is -0.815. The molecule has 2 atom stereocenters. The summed E-state index contributed by atoms with van der Waals surface area (Å²) in [6, 6.07) is 32.7. The van der Waals surface area contributed by atoms with Gasteiger partial charge in [-0.05, 0) is 70.2 Å². The Morgan fingerprint density at radius 2 is 0.929 bits per heavy atom. The molecule has 6 amide bonds. The molecule has 3 aliphatic rings. The number of carboxylic acid groups (broad SMARTS) is 1. The van der Waals surface area contributed by atoms with Crippen molar-refractivity contribution in [2.75, 3.05) is 37.8 Å². The zero-order valence-electron chi connectivity index (χ0n) is 48.8. The number of hydrogen-bond acceptors (Lipinski definition) is 16. The second kappa shape index (κ2) is 34.3. The number of imide groups is 1. The molecule has 1 fully saturated rings. The fourth-order valence-electron chi connectivity index (χ4n) is 9.11. The standard InChI is InChI=1S/C32H39N3O7S2.C28H36N2O5S2.C2H3N/c1-32(2,3)44-43-20-26(30(39)33-18-10-4-5-15-29(38)42-35-27(36)16-17-28(35)37)34-31(40)41-19-25-23-13-8-6-11-21(23)22-12-7-9-14-24(22)25;1-28(2,3)37-36-18-24(26(33)29-16-10-4-5-15-25(31)32)30-27(34)35-17-23-21-13-8-6-11-19(21)20-12-7-9-14-22(20)23;1-2-3/h6-9,11-14,25-26H,4-5,10,15-20H2,1-3H3,(H,33,39)(H,34,40);6-9,11-14,23-24H,4-5,10,15-18H2,1-3H3,(H,29,33)(H,30,34)(H,31,32);1H3. The van der Waals surface area contributed by atoms with Crippen LogP contribution < -0.4 is 21.3 Å². The molecule has 84 heavy (non-hydrogen) atoms. The van der Waals surface area contributed by atoms with Gasteiger partial charge >= 0.3 is 24.1 Å². The number of benzene rings is 4. The van der Waals surface area contributed by atoms with Crippen LogP contribution in [0.5, 0.6) is 0 Å². The number of fused-ring (bicyclic) bond motifs is 6. The van der Waals surface area contributed by atoms with Crippen LogP contribution in [0.15, 0.2) is 97.1 Å². The van der Waals surface area contributed by atoms with E-state index in [0.717, 1.165) is 44.5 Å². The average molecular weight is 1230 g/mol. The molecule has 2 unspecified atom stereocenters. The largest absolute Gasteiger partial charge is 0.481 e. The van der Waals surface area contributed by atoms with E-state index in [1.165, 1.54) is 28.5 Å². The van der Waals surface area contributed by atoms with Gasteiger partial charge < -0.3 is 40.7 Å². The van der Waals surface area contributed by atoms with Crippen molar-refractivity contribution >= 4 is 90.9 Å². The normalized spacial score (nSPS) is 13.9. The van der Waals surface area contributed by atoms with E-state index in [1.807, 2.05) is 48.5 Å². The second-order valence-corrected chi connectivity index (χ2v) is 28.2. The molecule has 0 bridgehead atoms. The molecular formula is C62H78N6O12S4. The van der Waals surface area contributed by atoms with E-state index in [4.69, 9.17) is 24.7 Å². The molecule has 0 aromatic heterocycles. The molecular weight excluding hydrogens is 1150 g/mol. The summed E-state index contributed by atoms with van der Waals surface area (Å²) in [4.78, 5) is 102. The number of carbonyl (C=O) groups excluding carboxylic acids is 7. The number of carbonyl (C=O) groups is 8. The Bertz CT molecular complexity index is 2840. The maximum Gasteiger partial charge on any atom is 0.407 e. The van der Waals surface area contributed by atoms with Crippen molar-refractivity contribution in [2.45, 2.75) is 146 Å². The summed E-state index contributed by atoms with van der Waals surface area (Å²) in [7, 11) is 6.32. The molecule has 18 nitrogen and oxygen atoms in total. The van der Waals surface area contributed by atoms with E-state index < -0.39 is 48.0 Å². The summed E-state index contributed by atoms with van der Waals surface area (Å²) in [6.07, 6.45) is 2.68. The van der Waals surface area contributed by atoms with E-state index in [0.29, 0.717) is 68.2 Å². The number of carboxylic acids is 1. The third-order valence-electron chi connectivity index (χ3n) is 12.9. The first-order valence-electron chi connectivity index (χ1n) is 28.1. The van der Waals surface area contributed by atoms with Gasteiger partial charge in [-0.2, -0.15) is 5.26 Å². The van der Waals surface area contributed by atoms with E-state index in [-0.39, 0.29) is 72.0 Å². The second-order valence-electron chi connectivity index (χ2n) is 21.9. The average Bonchev–Trinajstić information content (AvgIpc) is 1.94. The van der Waals surface area contributed by atoms with Crippen molar-refractivity contribution in [3.63, 3.8) is 0 Å². The lowest BCUT2D eigenvalue weighted by atomic mass is 9.98. The summed E-state index contributed by atoms with van der Waals surface area (Å²) >= 11 is 0. The van der Waals surface area contributed by atoms with Crippen molar-refractivity contribution < 1.29 is 57.8 Å². The monoisotopic (exact) mass is 1230 g/mol. The molecule has 452 valence electrons. The summed E-state index contributed by atoms with van der Waals surface area (Å²) < 4.78 is 11.3. The highest BCUT2D eigenvalue weighted by atomic mass is 33.1. The number of alkyl carbamates (subject to hydrolysis) is 2. The number of nitrogens with zero attached hydrogens (tertiary/aromatic N) is 2. The molecule has 4 aromatic carbocycles. The number of rotatable bonds is 27. The molecule has 4 aromatic rings. The number of nitriles is 1. The van der Waals surface area contributed by atoms with Crippen LogP contribution >= 0.6 is 43.2 Å². The van der Waals surface area contributed by atoms with Crippen LogP contribution in [0.1, 0.15) is 147 Å². The molecule has 7 rings (SSSR count). The van der Waals surface area contributed by atoms with Crippen LogP contribution in [-0.4, -0.2) is 117 Å². The van der Waals surface area contributed by atoms with E-state index >= 15 is 0 Å². The number of hydroxylamine groups is 2. The van der Waals surface area contributed by atoms with Crippen molar-refractivity contribution in [3.05, 3.63) is 119 Å². The fraction of sp³-hybridized carbons (Fsp3) is 0.468. The van der Waals surface area contributed by atoms with E-state index in [9.17, 15) is 38.4 Å². The van der Waals surface area contributed by atoms with Gasteiger partial charge in [0.25, 0.3) is 11.8 Å². The van der Waals surface area contributed by atoms with Gasteiger partial charge in [0.1, 0.15) is 25.3 Å². The number of nitrogens with one attached hydrogen (secondary N) is 4. The Kier molecular flexibility index (Phi) is 27.8. The molecule has 5 N–H and O–H groups in total. The van der Waals surface area contributed by atoms with Crippen molar-refractivity contribution in [1.29, 1.82) is 5.26 Å². The number of hydrogen-bond donors (Lipinski definition) is 5. The smallest absolute Gasteiger partial charge is 0.407 e. The predicted molar refractivity (Wildman–Crippen MR) is 333 cm³/mol. The Labute approximate surface area is 508 Å². The SMILES string of the molecule is CC#N.CC(C)(C)SSCC(NC(=O)OCC1c2ccccc2-c2ccccc21)C(=O)NCCCCCC(=O)O.CC(C)(C)SSCC(NC(=O)OCC1c2ccccc2-c2ccccc21)C(=O)NCCCCCC(=O)ON1C(=O)CCC1=O. The lowest BCUT2D eigenvalue weighted by molar-refractivity contribution is -0.197. The Morgan fingerprint density at radius 3 is 1.27 bits per heavy atom. The molecule has 0 spiro atoms. The van der Waals surface area contributed by atoms with Crippen LogP contribution in [0.4, 0.5) is 9.59 Å². The van der Waals surface area contributed by atoms with Crippen molar-refractivity contribution in [1.82, 2.24) is 26.3 Å². The minimum Gasteiger partial charge on any atom is -0.481 e. The summed E-state index contributed by atoms with van der Waals surface area (Å²) in [5.41, 5.74) is 9.07. The van der Waals surface area contributed by atoms with Crippen molar-refractivity contribution in [3.8, 4) is 28.3 Å². The summed E-state index contributed by atoms with van der Waals surface area (Å²) in [6.45, 7) is 15.1. The molecule has 0 saturated carbocycles. The van der Waals surface area contributed by atoms with E-state index in [1.54, 1.807) is 27.7 Å². The Morgan fingerprint density at radius 1 is 0.583 bits per heavy atom. The third kappa shape index (κ3) is 22.4. The number of amides is 6. The van der Waals surface area contributed by atoms with Gasteiger partial charge in [0, 0.05) is 78.5 Å². The highest BCUT2D eigenvalue weighted by Gasteiger charge is 2.34. The van der Waals surface area contributed by atoms with Gasteiger partial charge in [-0.15, -0.1) is 5.06 Å². The number of aliphatic carboxylic acids is 1. The highest BCUT2D eigenvalue weighted by Crippen LogP contribution is 2.46. The van der Waals surface area contributed by atoms with Crippen LogP contribution in [0.3, 0.4) is 0 Å². The van der Waals surface area contributed by atoms with Gasteiger partial charge in [-0.3, -0.25) is 24.0 Å². The highest BCUT2D eigenvalue weighted by molar-refractivity contribution is 8.77. The summed E-state index contributed by atoms with van der Waals surface area (Å²) in [5.74, 6) is -2.43. The topological polar surface area (TPSA) is 260 Å². The molecule has 1 saturated heterocycles. The quantitative estimate of drug-likeness (QED) is 0.0211. The minimum absolute atomic E-state index is 0.0135. The maximum atomic E-state index is 13.1. The van der Waals surface area contributed by atoms with Crippen LogP contribution in [0.25, 0.3) is 22.3 Å². The van der Waals surface area contributed by atoms with Crippen LogP contribution in [0.2, 0.25) is 0 Å². The van der Waals surface area contributed by atoms with Gasteiger partial charge in [-0.1, -0.05) is 195 Å². The predicted octanol–water partition coefficient (Wildman–Crippen LogP) is 11.7. The van der Waals surface area contributed by atoms with Gasteiger partial charge in [0.05, 0.1) is 6.07 Å². The maximum absolute atomic E-state index is 13.1. The first-order valence-corrected chi connectivity index (χ1v) is 32.7. The Balaban J connectivity index is 0.000000298. The Hall–Kier alpha value is -6.67. The van der Waals surface area contributed by atoms with Gasteiger partial charge in [0.15, 0.2) is 0 Å². The van der Waals surface area contributed by atoms with Crippen LogP contribution in [0, 0.1) is 11.3 Å². The van der Waals surface area contributed by atoms with Crippen LogP contribution in [-0.2, 0) is 43.1 Å². The van der Waals surface area contributed by atoms with Crippen molar-refractivity contribution in [2.24, 2.45) is 0 Å². The number of ether oxygens (including phenoxy) is 2. The number of unbranched alkanes of at least 4 members (excludes halogenated alkanes) is 4. The lowest BCUT2D eigenvalue weighted by Gasteiger charge is -2.21. The van der Waals surface area contributed by atoms with Gasteiger partial charge in [0.2, 0.25) is 11.8 Å². The molecule has 2 aliphatic carbocycles. The third-order valence-corrected chi connectivity index (χ3v) is 19.6. The van der Waals surface area contributed by atoms with E-state index in [2.05, 4.69) is 111 Å². The molecule has 22 heteroatoms. The summed E-state index contributed by atoms with van der Waals surface area (Å²) in [5, 5.41) is 27.9. The molecule has 0 radical (unpaired) electrons.